The van der Waals surface area contributed by atoms with Crippen LogP contribution in [0.1, 0.15) is 11.1 Å². The first-order valence-corrected chi connectivity index (χ1v) is 8.95. The Bertz CT molecular complexity index is 806. The van der Waals surface area contributed by atoms with Crippen LogP contribution in [-0.2, 0) is 0 Å². The molecule has 0 atom stereocenters. The fraction of sp³-hybridized carbons (Fsp3) is 0.217. The predicted molar refractivity (Wildman–Crippen MR) is 112 cm³/mol. The summed E-state index contributed by atoms with van der Waals surface area (Å²) in [6, 6.07) is 19.2. The first kappa shape index (κ1) is 18.2. The van der Waals surface area contributed by atoms with E-state index in [2.05, 4.69) is 91.8 Å². The summed E-state index contributed by atoms with van der Waals surface area (Å²) in [7, 11) is 4.11. The van der Waals surface area contributed by atoms with E-state index in [4.69, 9.17) is 11.5 Å². The lowest BCUT2D eigenvalue weighted by Crippen LogP contribution is -2.35. The van der Waals surface area contributed by atoms with Crippen molar-refractivity contribution in [2.24, 2.45) is 16.9 Å². The molecule has 3 heteroatoms. The molecule has 3 rings (SSSR count). The van der Waals surface area contributed by atoms with Gasteiger partial charge in [-0.15, -0.1) is 0 Å². The Kier molecular flexibility index (Phi) is 5.40. The van der Waals surface area contributed by atoms with Crippen molar-refractivity contribution in [3.63, 3.8) is 0 Å². The van der Waals surface area contributed by atoms with Gasteiger partial charge in [0, 0.05) is 38.3 Å². The highest BCUT2D eigenvalue weighted by Crippen LogP contribution is 2.33. The summed E-state index contributed by atoms with van der Waals surface area (Å²) < 4.78 is 0. The molecule has 0 spiro atoms. The van der Waals surface area contributed by atoms with Crippen LogP contribution < -0.4 is 16.4 Å². The number of nitrogens with zero attached hydrogens (tertiary/aromatic N) is 1. The van der Waals surface area contributed by atoms with Crippen LogP contribution in [0.3, 0.4) is 0 Å². The third kappa shape index (κ3) is 3.64. The Hall–Kier alpha value is -2.62. The minimum Gasteiger partial charge on any atom is -0.378 e. The van der Waals surface area contributed by atoms with Gasteiger partial charge in [0.15, 0.2) is 0 Å². The van der Waals surface area contributed by atoms with E-state index in [0.717, 1.165) is 0 Å². The summed E-state index contributed by atoms with van der Waals surface area (Å²) in [6.45, 7) is 1.03. The second-order valence-corrected chi connectivity index (χ2v) is 6.95. The number of rotatable bonds is 5. The summed E-state index contributed by atoms with van der Waals surface area (Å²) >= 11 is 0. The largest absolute Gasteiger partial charge is 0.378 e. The summed E-state index contributed by atoms with van der Waals surface area (Å²) in [4.78, 5) is 2.11. The lowest BCUT2D eigenvalue weighted by atomic mass is 9.81. The minimum absolute atomic E-state index is 0.236. The Morgan fingerprint density at radius 2 is 1.35 bits per heavy atom. The number of hydrogen-bond donors (Lipinski definition) is 2. The van der Waals surface area contributed by atoms with Gasteiger partial charge in [0.05, 0.1) is 0 Å². The first-order valence-electron chi connectivity index (χ1n) is 8.95. The molecular weight excluding hydrogens is 318 g/mol. The third-order valence-electron chi connectivity index (χ3n) is 4.97. The molecule has 0 amide bonds. The zero-order chi connectivity index (χ0) is 18.6. The summed E-state index contributed by atoms with van der Waals surface area (Å²) in [6.07, 6.45) is 8.59. The van der Waals surface area contributed by atoms with Crippen molar-refractivity contribution in [2.75, 3.05) is 32.1 Å². The molecule has 2 aromatic carbocycles. The SMILES string of the molecule is CN(C)c1ccc(C(=C2C=CC(CN)(CN)C=C2)c2ccccc2)cc1. The van der Waals surface area contributed by atoms with Crippen molar-refractivity contribution in [1.82, 2.24) is 0 Å². The van der Waals surface area contributed by atoms with Crippen LogP contribution in [-0.4, -0.2) is 27.2 Å². The van der Waals surface area contributed by atoms with E-state index in [0.29, 0.717) is 13.1 Å². The number of allylic oxidation sites excluding steroid dienone is 3. The number of nitrogens with two attached hydrogens (primary N) is 2. The molecule has 3 nitrogen and oxygen atoms in total. The molecule has 0 fully saturated rings. The summed E-state index contributed by atoms with van der Waals surface area (Å²) in [5, 5.41) is 0. The van der Waals surface area contributed by atoms with Crippen LogP contribution >= 0.6 is 0 Å². The van der Waals surface area contributed by atoms with E-state index in [1.54, 1.807) is 0 Å². The molecule has 4 N–H and O–H groups in total. The Labute approximate surface area is 156 Å². The molecule has 0 heterocycles. The second-order valence-electron chi connectivity index (χ2n) is 6.95. The molecule has 0 aliphatic heterocycles. The van der Waals surface area contributed by atoms with Gasteiger partial charge in [-0.1, -0.05) is 66.8 Å². The molecule has 0 saturated heterocycles. The van der Waals surface area contributed by atoms with Crippen LogP contribution in [0.15, 0.2) is 84.5 Å². The molecule has 0 aromatic heterocycles. The second kappa shape index (κ2) is 7.73. The van der Waals surface area contributed by atoms with Crippen molar-refractivity contribution in [1.29, 1.82) is 0 Å². The minimum atomic E-state index is -0.236. The van der Waals surface area contributed by atoms with Crippen LogP contribution in [0, 0.1) is 5.41 Å². The van der Waals surface area contributed by atoms with Gasteiger partial charge in [0.25, 0.3) is 0 Å². The molecule has 0 bridgehead atoms. The molecule has 2 aromatic rings. The highest BCUT2D eigenvalue weighted by molar-refractivity contribution is 5.86. The van der Waals surface area contributed by atoms with E-state index >= 15 is 0 Å². The maximum Gasteiger partial charge on any atom is 0.0361 e. The van der Waals surface area contributed by atoms with Crippen LogP contribution in [0.5, 0.6) is 0 Å². The van der Waals surface area contributed by atoms with Gasteiger partial charge in [-0.05, 0) is 34.4 Å². The lowest BCUT2D eigenvalue weighted by Gasteiger charge is -2.27. The molecule has 0 unspecified atom stereocenters. The zero-order valence-electron chi connectivity index (χ0n) is 15.5. The smallest absolute Gasteiger partial charge is 0.0361 e. The average Bonchev–Trinajstić information content (AvgIpc) is 2.70. The van der Waals surface area contributed by atoms with E-state index in [1.165, 1.54) is 28.0 Å². The van der Waals surface area contributed by atoms with Crippen molar-refractivity contribution in [3.8, 4) is 0 Å². The highest BCUT2D eigenvalue weighted by atomic mass is 15.1. The molecule has 134 valence electrons. The van der Waals surface area contributed by atoms with Crippen molar-refractivity contribution < 1.29 is 0 Å². The van der Waals surface area contributed by atoms with Crippen LogP contribution in [0.25, 0.3) is 5.57 Å². The van der Waals surface area contributed by atoms with Gasteiger partial charge in [0.1, 0.15) is 0 Å². The fourth-order valence-corrected chi connectivity index (χ4v) is 3.18. The van der Waals surface area contributed by atoms with E-state index in [-0.39, 0.29) is 5.41 Å². The number of anilines is 1. The van der Waals surface area contributed by atoms with Gasteiger partial charge in [0.2, 0.25) is 0 Å². The normalized spacial score (nSPS) is 15.2. The van der Waals surface area contributed by atoms with Crippen molar-refractivity contribution in [2.45, 2.75) is 0 Å². The molecule has 26 heavy (non-hydrogen) atoms. The third-order valence-corrected chi connectivity index (χ3v) is 4.97. The van der Waals surface area contributed by atoms with Gasteiger partial charge in [-0.25, -0.2) is 0 Å². The van der Waals surface area contributed by atoms with Crippen molar-refractivity contribution >= 4 is 11.3 Å². The molecular formula is C23H27N3. The maximum absolute atomic E-state index is 5.93. The summed E-state index contributed by atoms with van der Waals surface area (Å²) in [5.74, 6) is 0. The quantitative estimate of drug-likeness (QED) is 0.871. The number of benzene rings is 2. The highest BCUT2D eigenvalue weighted by Gasteiger charge is 2.23. The molecule has 1 aliphatic rings. The predicted octanol–water partition coefficient (Wildman–Crippen LogP) is 3.58. The Morgan fingerprint density at radius 3 is 1.85 bits per heavy atom. The zero-order valence-corrected chi connectivity index (χ0v) is 15.5. The van der Waals surface area contributed by atoms with Gasteiger partial charge < -0.3 is 16.4 Å². The molecule has 1 aliphatic carbocycles. The summed E-state index contributed by atoms with van der Waals surface area (Å²) in [5.41, 5.74) is 17.6. The van der Waals surface area contributed by atoms with Gasteiger partial charge >= 0.3 is 0 Å². The van der Waals surface area contributed by atoms with Gasteiger partial charge in [-0.2, -0.15) is 0 Å². The van der Waals surface area contributed by atoms with E-state index in [1.807, 2.05) is 6.07 Å². The monoisotopic (exact) mass is 345 g/mol. The average molecular weight is 345 g/mol. The molecule has 0 saturated carbocycles. The van der Waals surface area contributed by atoms with Crippen molar-refractivity contribution in [3.05, 3.63) is 95.6 Å². The topological polar surface area (TPSA) is 55.3 Å². The van der Waals surface area contributed by atoms with Crippen LogP contribution in [0.4, 0.5) is 5.69 Å². The first-order chi connectivity index (χ1) is 12.6. The van der Waals surface area contributed by atoms with E-state index < -0.39 is 0 Å². The standard InChI is InChI=1S/C23H27N3/c1-26(2)21-10-8-19(9-11-21)22(18-6-4-3-5-7-18)20-12-14-23(16-24,17-25)15-13-20/h3-15H,16-17,24-25H2,1-2H3. The number of hydrogen-bond acceptors (Lipinski definition) is 3. The lowest BCUT2D eigenvalue weighted by molar-refractivity contribution is 0.515. The van der Waals surface area contributed by atoms with E-state index in [9.17, 15) is 0 Å². The maximum atomic E-state index is 5.93. The fourth-order valence-electron chi connectivity index (χ4n) is 3.18. The Balaban J connectivity index is 2.10. The van der Waals surface area contributed by atoms with Crippen LogP contribution in [0.2, 0.25) is 0 Å². The van der Waals surface area contributed by atoms with Gasteiger partial charge in [-0.3, -0.25) is 0 Å². The molecule has 0 radical (unpaired) electrons. The Morgan fingerprint density at radius 1 is 0.808 bits per heavy atom.